The monoisotopic (exact) mass is 250 g/mol. The standard InChI is InChI=1S/C12H14N2O4/c1-3-5-9(11(15)16)14-12(17)13-8(2)10-6-4-7-18-10/h1,4,6-9H,5H2,2H3,(H,15,16)(H2,13,14,17). The second-order valence-electron chi connectivity index (χ2n) is 3.65. The first-order valence-electron chi connectivity index (χ1n) is 5.31. The minimum absolute atomic E-state index is 0.0715. The van der Waals surface area contributed by atoms with Gasteiger partial charge in [-0.1, -0.05) is 0 Å². The van der Waals surface area contributed by atoms with Crippen LogP contribution < -0.4 is 10.6 Å². The Morgan fingerprint density at radius 3 is 2.78 bits per heavy atom. The van der Waals surface area contributed by atoms with Crippen LogP contribution in [0.15, 0.2) is 22.8 Å². The molecule has 0 radical (unpaired) electrons. The van der Waals surface area contributed by atoms with E-state index in [0.29, 0.717) is 5.76 Å². The summed E-state index contributed by atoms with van der Waals surface area (Å²) in [4.78, 5) is 22.3. The van der Waals surface area contributed by atoms with Gasteiger partial charge in [0.1, 0.15) is 11.8 Å². The number of rotatable bonds is 5. The number of terminal acetylenes is 1. The SMILES string of the molecule is C#CCC(NC(=O)NC(C)c1ccco1)C(=O)O. The molecule has 0 aliphatic rings. The molecule has 96 valence electrons. The number of nitrogens with one attached hydrogen (secondary N) is 2. The third kappa shape index (κ3) is 3.87. The molecule has 2 atom stereocenters. The average molecular weight is 250 g/mol. The quantitative estimate of drug-likeness (QED) is 0.683. The predicted octanol–water partition coefficient (Wildman–Crippen LogP) is 1.12. The van der Waals surface area contributed by atoms with Crippen LogP contribution in [0.2, 0.25) is 0 Å². The fourth-order valence-electron chi connectivity index (χ4n) is 1.32. The topological polar surface area (TPSA) is 91.6 Å². The molecule has 1 heterocycles. The Morgan fingerprint density at radius 1 is 1.56 bits per heavy atom. The zero-order valence-electron chi connectivity index (χ0n) is 9.84. The van der Waals surface area contributed by atoms with Crippen molar-refractivity contribution in [2.45, 2.75) is 25.4 Å². The Labute approximate surface area is 104 Å². The van der Waals surface area contributed by atoms with E-state index in [0.717, 1.165) is 0 Å². The number of amides is 2. The molecule has 0 saturated heterocycles. The Balaban J connectivity index is 2.50. The lowest BCUT2D eigenvalue weighted by molar-refractivity contribution is -0.139. The van der Waals surface area contributed by atoms with Gasteiger partial charge in [-0.3, -0.25) is 0 Å². The van der Waals surface area contributed by atoms with Crippen molar-refractivity contribution in [1.82, 2.24) is 10.6 Å². The van der Waals surface area contributed by atoms with Gasteiger partial charge in [-0.15, -0.1) is 12.3 Å². The average Bonchev–Trinajstić information content (AvgIpc) is 2.81. The molecule has 0 aliphatic carbocycles. The molecular formula is C12H14N2O4. The Bertz CT molecular complexity index is 447. The molecule has 1 aromatic heterocycles. The lowest BCUT2D eigenvalue weighted by Gasteiger charge is -2.15. The Kier molecular flexibility index (Phi) is 4.81. The van der Waals surface area contributed by atoms with Crippen molar-refractivity contribution in [3.05, 3.63) is 24.2 Å². The minimum atomic E-state index is -1.17. The number of hydrogen-bond acceptors (Lipinski definition) is 3. The highest BCUT2D eigenvalue weighted by Gasteiger charge is 2.20. The second-order valence-corrected chi connectivity index (χ2v) is 3.65. The molecule has 18 heavy (non-hydrogen) atoms. The first-order valence-corrected chi connectivity index (χ1v) is 5.31. The van der Waals surface area contributed by atoms with Gasteiger partial charge in [-0.2, -0.15) is 0 Å². The third-order valence-corrected chi connectivity index (χ3v) is 2.24. The molecule has 0 aliphatic heterocycles. The van der Waals surface area contributed by atoms with Crippen LogP contribution in [0, 0.1) is 12.3 Å². The van der Waals surface area contributed by atoms with Crippen molar-refractivity contribution in [3.8, 4) is 12.3 Å². The maximum Gasteiger partial charge on any atom is 0.327 e. The fourth-order valence-corrected chi connectivity index (χ4v) is 1.32. The van der Waals surface area contributed by atoms with Crippen molar-refractivity contribution in [3.63, 3.8) is 0 Å². The molecular weight excluding hydrogens is 236 g/mol. The number of carboxylic acid groups (broad SMARTS) is 1. The molecule has 0 saturated carbocycles. The smallest absolute Gasteiger partial charge is 0.327 e. The fraction of sp³-hybridized carbons (Fsp3) is 0.333. The van der Waals surface area contributed by atoms with Crippen molar-refractivity contribution >= 4 is 12.0 Å². The Morgan fingerprint density at radius 2 is 2.28 bits per heavy atom. The summed E-state index contributed by atoms with van der Waals surface area (Å²) in [6.07, 6.45) is 6.44. The van der Waals surface area contributed by atoms with E-state index in [1.807, 2.05) is 0 Å². The first kappa shape index (κ1) is 13.6. The maximum absolute atomic E-state index is 11.5. The lowest BCUT2D eigenvalue weighted by Crippen LogP contribution is -2.46. The van der Waals surface area contributed by atoms with E-state index < -0.39 is 18.0 Å². The largest absolute Gasteiger partial charge is 0.480 e. The van der Waals surface area contributed by atoms with Gasteiger partial charge >= 0.3 is 12.0 Å². The summed E-state index contributed by atoms with van der Waals surface area (Å²) in [5.41, 5.74) is 0. The highest BCUT2D eigenvalue weighted by molar-refractivity contribution is 5.82. The maximum atomic E-state index is 11.5. The Hall–Kier alpha value is -2.42. The number of furan rings is 1. The van der Waals surface area contributed by atoms with Crippen molar-refractivity contribution < 1.29 is 19.1 Å². The first-order chi connectivity index (χ1) is 8.54. The van der Waals surface area contributed by atoms with E-state index in [4.69, 9.17) is 15.9 Å². The van der Waals surface area contributed by atoms with Crippen molar-refractivity contribution in [2.75, 3.05) is 0 Å². The molecule has 0 bridgehead atoms. The van der Waals surface area contributed by atoms with Gasteiger partial charge in [0.05, 0.1) is 12.3 Å². The number of carboxylic acids is 1. The molecule has 0 fully saturated rings. The van der Waals surface area contributed by atoms with Crippen molar-refractivity contribution in [1.29, 1.82) is 0 Å². The van der Waals surface area contributed by atoms with Crippen LogP contribution in [0.1, 0.15) is 25.1 Å². The summed E-state index contributed by atoms with van der Waals surface area (Å²) >= 11 is 0. The minimum Gasteiger partial charge on any atom is -0.480 e. The highest BCUT2D eigenvalue weighted by Crippen LogP contribution is 2.11. The summed E-state index contributed by atoms with van der Waals surface area (Å²) in [5.74, 6) is 1.60. The van der Waals surface area contributed by atoms with Crippen LogP contribution in [-0.2, 0) is 4.79 Å². The predicted molar refractivity (Wildman–Crippen MR) is 63.7 cm³/mol. The highest BCUT2D eigenvalue weighted by atomic mass is 16.4. The van der Waals surface area contributed by atoms with Crippen molar-refractivity contribution in [2.24, 2.45) is 0 Å². The molecule has 0 spiro atoms. The summed E-state index contributed by atoms with van der Waals surface area (Å²) in [5, 5.41) is 13.6. The summed E-state index contributed by atoms with van der Waals surface area (Å²) < 4.78 is 5.10. The number of carbonyl (C=O) groups excluding carboxylic acids is 1. The molecule has 2 amide bonds. The van der Waals surface area contributed by atoms with Gasteiger partial charge in [-0.25, -0.2) is 9.59 Å². The van der Waals surface area contributed by atoms with Gasteiger partial charge in [0.2, 0.25) is 0 Å². The van der Waals surface area contributed by atoms with Gasteiger partial charge in [0, 0.05) is 6.42 Å². The molecule has 6 nitrogen and oxygen atoms in total. The molecule has 1 rings (SSSR count). The van der Waals surface area contributed by atoms with E-state index in [1.54, 1.807) is 19.1 Å². The van der Waals surface area contributed by atoms with Crippen LogP contribution in [0.5, 0.6) is 0 Å². The number of carbonyl (C=O) groups is 2. The van der Waals surface area contributed by atoms with E-state index in [1.165, 1.54) is 6.26 Å². The van der Waals surface area contributed by atoms with Crippen LogP contribution in [-0.4, -0.2) is 23.1 Å². The molecule has 0 aromatic carbocycles. The van der Waals surface area contributed by atoms with Crippen LogP contribution in [0.3, 0.4) is 0 Å². The van der Waals surface area contributed by atoms with Gasteiger partial charge in [-0.05, 0) is 19.1 Å². The van der Waals surface area contributed by atoms with E-state index in [-0.39, 0.29) is 12.5 Å². The number of urea groups is 1. The van der Waals surface area contributed by atoms with Gasteiger partial charge in [0.25, 0.3) is 0 Å². The zero-order chi connectivity index (χ0) is 13.5. The third-order valence-electron chi connectivity index (χ3n) is 2.24. The van der Waals surface area contributed by atoms with Crippen LogP contribution >= 0.6 is 0 Å². The molecule has 2 unspecified atom stereocenters. The normalized spacial score (nSPS) is 13.1. The number of hydrogen-bond donors (Lipinski definition) is 3. The summed E-state index contributed by atoms with van der Waals surface area (Å²) in [6.45, 7) is 1.72. The molecule has 3 N–H and O–H groups in total. The molecule has 1 aromatic rings. The second kappa shape index (κ2) is 6.35. The zero-order valence-corrected chi connectivity index (χ0v) is 9.84. The lowest BCUT2D eigenvalue weighted by atomic mass is 10.2. The van der Waals surface area contributed by atoms with E-state index >= 15 is 0 Å². The van der Waals surface area contributed by atoms with Gasteiger partial charge < -0.3 is 20.2 Å². The molecule has 6 heteroatoms. The van der Waals surface area contributed by atoms with Crippen LogP contribution in [0.4, 0.5) is 4.79 Å². The summed E-state index contributed by atoms with van der Waals surface area (Å²) in [6, 6.07) is 1.34. The van der Waals surface area contributed by atoms with E-state index in [2.05, 4.69) is 16.6 Å². The van der Waals surface area contributed by atoms with Crippen LogP contribution in [0.25, 0.3) is 0 Å². The number of aliphatic carboxylic acids is 1. The van der Waals surface area contributed by atoms with Gasteiger partial charge in [0.15, 0.2) is 0 Å². The summed E-state index contributed by atoms with van der Waals surface area (Å²) in [7, 11) is 0. The van der Waals surface area contributed by atoms with E-state index in [9.17, 15) is 9.59 Å².